The number of carbonyl (C=O) groups excluding carboxylic acids is 1. The first-order valence-electron chi connectivity index (χ1n) is 9.92. The summed E-state index contributed by atoms with van der Waals surface area (Å²) in [5, 5.41) is 3.79. The summed E-state index contributed by atoms with van der Waals surface area (Å²) >= 11 is 8.91. The Balaban J connectivity index is 1.56. The molecule has 4 aromatic rings. The van der Waals surface area contributed by atoms with E-state index >= 15 is 0 Å². The number of hydrogen-bond acceptors (Lipinski definition) is 6. The Morgan fingerprint density at radius 2 is 1.79 bits per heavy atom. The zero-order chi connectivity index (χ0) is 22.9. The van der Waals surface area contributed by atoms with E-state index in [-0.39, 0.29) is 11.7 Å². The molecule has 1 aromatic heterocycles. The number of aromatic nitrogens is 1. The minimum absolute atomic E-state index is 0.312. The molecule has 1 atom stereocenters. The summed E-state index contributed by atoms with van der Waals surface area (Å²) in [5.41, 5.74) is 9.41. The maximum Gasteiger partial charge on any atom is 0.244 e. The first-order chi connectivity index (χ1) is 16.0. The van der Waals surface area contributed by atoms with Crippen LogP contribution in [-0.4, -0.2) is 21.2 Å². The van der Waals surface area contributed by atoms with Crippen molar-refractivity contribution in [3.05, 3.63) is 94.3 Å². The number of thioether (sulfide) groups is 1. The van der Waals surface area contributed by atoms with Gasteiger partial charge < -0.3 is 11.1 Å². The van der Waals surface area contributed by atoms with Gasteiger partial charge in [-0.15, -0.1) is 11.3 Å². The van der Waals surface area contributed by atoms with E-state index in [4.69, 9.17) is 22.3 Å². The summed E-state index contributed by atoms with van der Waals surface area (Å²) < 4.78 is 14.4. The van der Waals surface area contributed by atoms with E-state index in [2.05, 4.69) is 10.3 Å². The van der Waals surface area contributed by atoms with Crippen molar-refractivity contribution in [1.82, 2.24) is 4.98 Å². The number of halogens is 2. The van der Waals surface area contributed by atoms with Gasteiger partial charge in [0.25, 0.3) is 0 Å². The second-order valence-electron chi connectivity index (χ2n) is 7.18. The van der Waals surface area contributed by atoms with Gasteiger partial charge in [-0.3, -0.25) is 4.79 Å². The van der Waals surface area contributed by atoms with Crippen LogP contribution in [0.1, 0.15) is 5.01 Å². The molecule has 5 nitrogen and oxygen atoms in total. The Labute approximate surface area is 202 Å². The highest BCUT2D eigenvalue weighted by atomic mass is 35.5. The molecule has 9 heteroatoms. The van der Waals surface area contributed by atoms with Gasteiger partial charge in [0.2, 0.25) is 5.91 Å². The Hall–Kier alpha value is -3.20. The SMILES string of the molecule is NC1=C(c2nc3ccccc3s2)C(=Nc2ccc(F)cc2)S[C@@H]1C(=O)Nc1ccccc1Cl. The van der Waals surface area contributed by atoms with E-state index in [1.807, 2.05) is 24.3 Å². The van der Waals surface area contributed by atoms with Gasteiger partial charge in [-0.1, -0.05) is 47.6 Å². The average molecular weight is 495 g/mol. The number of rotatable bonds is 4. The van der Waals surface area contributed by atoms with Gasteiger partial charge in [0.05, 0.1) is 32.2 Å². The number of amides is 1. The lowest BCUT2D eigenvalue weighted by molar-refractivity contribution is -0.115. The van der Waals surface area contributed by atoms with Crippen LogP contribution in [0.5, 0.6) is 0 Å². The molecule has 0 saturated heterocycles. The second-order valence-corrected chi connectivity index (χ2v) is 9.71. The van der Waals surface area contributed by atoms with Crippen LogP contribution in [0.2, 0.25) is 5.02 Å². The molecule has 3 N–H and O–H groups in total. The van der Waals surface area contributed by atoms with Crippen LogP contribution in [0, 0.1) is 5.82 Å². The van der Waals surface area contributed by atoms with Gasteiger partial charge in [0.1, 0.15) is 21.1 Å². The predicted octanol–water partition coefficient (Wildman–Crippen LogP) is 6.24. The summed E-state index contributed by atoms with van der Waals surface area (Å²) in [6, 6.07) is 20.6. The highest BCUT2D eigenvalue weighted by Crippen LogP contribution is 2.42. The highest BCUT2D eigenvalue weighted by Gasteiger charge is 2.37. The number of benzene rings is 3. The summed E-state index contributed by atoms with van der Waals surface area (Å²) in [5.74, 6) is -0.662. The third-order valence-electron chi connectivity index (χ3n) is 4.95. The summed E-state index contributed by atoms with van der Waals surface area (Å²) in [6.45, 7) is 0. The Bertz CT molecular complexity index is 1400. The Morgan fingerprint density at radius 3 is 2.55 bits per heavy atom. The van der Waals surface area contributed by atoms with Crippen LogP contribution < -0.4 is 11.1 Å². The molecule has 0 saturated carbocycles. The number of thiazole rings is 1. The van der Waals surface area contributed by atoms with E-state index in [0.717, 1.165) is 10.2 Å². The molecule has 0 unspecified atom stereocenters. The maximum atomic E-state index is 13.4. The molecule has 0 bridgehead atoms. The number of nitrogens with one attached hydrogen (secondary N) is 1. The first kappa shape index (κ1) is 21.6. The van der Waals surface area contributed by atoms with Gasteiger partial charge in [0.15, 0.2) is 0 Å². The maximum absolute atomic E-state index is 13.4. The van der Waals surface area contributed by atoms with Crippen molar-refractivity contribution in [1.29, 1.82) is 0 Å². The number of carbonyl (C=O) groups is 1. The second kappa shape index (κ2) is 8.97. The van der Waals surface area contributed by atoms with Crippen molar-refractivity contribution >= 4 is 72.8 Å². The zero-order valence-electron chi connectivity index (χ0n) is 17.0. The molecular weight excluding hydrogens is 479 g/mol. The van der Waals surface area contributed by atoms with Crippen LogP contribution in [0.3, 0.4) is 0 Å². The van der Waals surface area contributed by atoms with Crippen LogP contribution in [-0.2, 0) is 4.79 Å². The van der Waals surface area contributed by atoms with Gasteiger partial charge in [0, 0.05) is 5.70 Å². The minimum atomic E-state index is -0.720. The van der Waals surface area contributed by atoms with E-state index in [1.54, 1.807) is 36.4 Å². The lowest BCUT2D eigenvalue weighted by Gasteiger charge is -2.12. The first-order valence-corrected chi connectivity index (χ1v) is 12.0. The number of nitrogens with zero attached hydrogens (tertiary/aromatic N) is 2. The molecule has 0 fully saturated rings. The average Bonchev–Trinajstić information content (AvgIpc) is 3.37. The van der Waals surface area contributed by atoms with Crippen LogP contribution in [0.25, 0.3) is 15.8 Å². The fourth-order valence-corrected chi connectivity index (χ4v) is 5.76. The number of hydrogen-bond donors (Lipinski definition) is 2. The van der Waals surface area contributed by atoms with Crippen molar-refractivity contribution < 1.29 is 9.18 Å². The normalized spacial score (nSPS) is 17.2. The fraction of sp³-hybridized carbons (Fsp3) is 0.0417. The summed E-state index contributed by atoms with van der Waals surface area (Å²) in [7, 11) is 0. The van der Waals surface area contributed by atoms with Crippen LogP contribution in [0.15, 0.2) is 83.5 Å². The molecule has 0 spiro atoms. The lowest BCUT2D eigenvalue weighted by atomic mass is 10.1. The largest absolute Gasteiger partial charge is 0.400 e. The monoisotopic (exact) mass is 494 g/mol. The third kappa shape index (κ3) is 4.37. The van der Waals surface area contributed by atoms with E-state index < -0.39 is 5.25 Å². The topological polar surface area (TPSA) is 80.4 Å². The van der Waals surface area contributed by atoms with Crippen molar-refractivity contribution in [2.24, 2.45) is 10.7 Å². The van der Waals surface area contributed by atoms with Gasteiger partial charge >= 0.3 is 0 Å². The molecule has 164 valence electrons. The van der Waals surface area contributed by atoms with E-state index in [9.17, 15) is 9.18 Å². The Morgan fingerprint density at radius 1 is 1.06 bits per heavy atom. The zero-order valence-corrected chi connectivity index (χ0v) is 19.3. The van der Waals surface area contributed by atoms with Gasteiger partial charge in [-0.05, 0) is 48.5 Å². The van der Waals surface area contributed by atoms with Crippen LogP contribution in [0.4, 0.5) is 15.8 Å². The molecule has 1 amide bonds. The summed E-state index contributed by atoms with van der Waals surface area (Å²) in [6.07, 6.45) is 0. The number of para-hydroxylation sites is 2. The van der Waals surface area contributed by atoms with Gasteiger partial charge in [-0.25, -0.2) is 14.4 Å². The van der Waals surface area contributed by atoms with Crippen molar-refractivity contribution in [2.75, 3.05) is 5.32 Å². The fourth-order valence-electron chi connectivity index (χ4n) is 3.35. The molecule has 0 radical (unpaired) electrons. The Kier molecular flexibility index (Phi) is 5.88. The number of aliphatic imine (C=N–C) groups is 1. The standard InChI is InChI=1S/C24H16ClFN4OS2/c25-15-5-1-2-6-16(15)29-22(31)21-20(27)19(24-30-17-7-3-4-8-18(17)32-24)23(33-21)28-14-11-9-13(26)10-12-14/h1-12,21H,27H2,(H,29,31)/t21-/m0/s1. The number of fused-ring (bicyclic) bond motifs is 1. The molecule has 0 aliphatic carbocycles. The number of anilines is 1. The summed E-state index contributed by atoms with van der Waals surface area (Å²) in [4.78, 5) is 22.5. The molecule has 5 rings (SSSR count). The quantitative estimate of drug-likeness (QED) is 0.351. The highest BCUT2D eigenvalue weighted by molar-refractivity contribution is 8.16. The molecule has 1 aliphatic rings. The van der Waals surface area contributed by atoms with Crippen molar-refractivity contribution in [3.8, 4) is 0 Å². The van der Waals surface area contributed by atoms with Crippen LogP contribution >= 0.6 is 34.7 Å². The molecule has 1 aliphatic heterocycles. The molecule has 2 heterocycles. The van der Waals surface area contributed by atoms with E-state index in [0.29, 0.717) is 37.7 Å². The van der Waals surface area contributed by atoms with Crippen molar-refractivity contribution in [2.45, 2.75) is 5.25 Å². The molecular formula is C24H16ClFN4OS2. The third-order valence-corrected chi connectivity index (χ3v) is 7.56. The van der Waals surface area contributed by atoms with E-state index in [1.165, 1.54) is 35.2 Å². The predicted molar refractivity (Wildman–Crippen MR) is 136 cm³/mol. The smallest absolute Gasteiger partial charge is 0.244 e. The lowest BCUT2D eigenvalue weighted by Crippen LogP contribution is -2.28. The molecule has 3 aromatic carbocycles. The number of nitrogens with two attached hydrogens (primary N) is 1. The van der Waals surface area contributed by atoms with Gasteiger partial charge in [-0.2, -0.15) is 0 Å². The minimum Gasteiger partial charge on any atom is -0.400 e. The van der Waals surface area contributed by atoms with Crippen molar-refractivity contribution in [3.63, 3.8) is 0 Å². The molecule has 33 heavy (non-hydrogen) atoms.